The van der Waals surface area contributed by atoms with Crippen molar-refractivity contribution in [3.63, 3.8) is 0 Å². The Morgan fingerprint density at radius 1 is 0.929 bits per heavy atom. The molecule has 1 atom stereocenters. The number of hydrogen-bond acceptors (Lipinski definition) is 9. The first-order valence-electron chi connectivity index (χ1n) is 18.0. The van der Waals surface area contributed by atoms with Crippen LogP contribution in [-0.2, 0) is 15.7 Å². The van der Waals surface area contributed by atoms with Crippen LogP contribution in [0.1, 0.15) is 37.4 Å². The average molecular weight is 794 g/mol. The number of nitrogens with one attached hydrogen (secondary N) is 2. The molecule has 1 aliphatic heterocycles. The van der Waals surface area contributed by atoms with Crippen molar-refractivity contribution in [3.8, 4) is 0 Å². The molecule has 1 unspecified atom stereocenters. The van der Waals surface area contributed by atoms with Crippen LogP contribution < -0.4 is 20.7 Å². The van der Waals surface area contributed by atoms with Crippen LogP contribution in [0.2, 0.25) is 13.1 Å². The first-order chi connectivity index (χ1) is 26.4. The van der Waals surface area contributed by atoms with E-state index in [-0.39, 0.29) is 56.8 Å². The van der Waals surface area contributed by atoms with E-state index in [1.54, 1.807) is 6.07 Å². The number of fused-ring (bicyclic) bond motifs is 2. The number of benzene rings is 3. The highest BCUT2D eigenvalue weighted by molar-refractivity contribution is 6.97. The zero-order valence-electron chi connectivity index (χ0n) is 32.1. The van der Waals surface area contributed by atoms with E-state index in [1.165, 1.54) is 22.5 Å². The molecular formula is C40H46F3N5O7Si. The fourth-order valence-corrected chi connectivity index (χ4v) is 9.97. The SMILES string of the molecule is CN(C)c1ccc2c(c1)[Si](C)(C)C1=CC(N(C)C)C=CC1=C2c1cc(C(=O)NCCOCCOCCNc2ccc(C(F)(F)F)cc2[N+](=O)[O-])ccc1C(=O)O. The highest BCUT2D eigenvalue weighted by atomic mass is 28.3. The van der Waals surface area contributed by atoms with Gasteiger partial charge in [-0.05, 0) is 89.2 Å². The number of alkyl halides is 3. The number of carboxylic acid groups (broad SMARTS) is 1. The van der Waals surface area contributed by atoms with Crippen molar-refractivity contribution >= 4 is 47.8 Å². The van der Waals surface area contributed by atoms with Gasteiger partial charge in [-0.1, -0.05) is 37.4 Å². The third-order valence-corrected chi connectivity index (χ3v) is 13.4. The number of anilines is 2. The number of carbonyl (C=O) groups is 2. The minimum absolute atomic E-state index is 0.0565. The summed E-state index contributed by atoms with van der Waals surface area (Å²) in [6.45, 7) is 5.52. The molecule has 12 nitrogen and oxygen atoms in total. The van der Waals surface area contributed by atoms with E-state index in [1.807, 2.05) is 34.3 Å². The number of nitrogens with zero attached hydrogens (tertiary/aromatic N) is 3. The molecule has 3 N–H and O–H groups in total. The Morgan fingerprint density at radius 2 is 1.62 bits per heavy atom. The second-order valence-electron chi connectivity index (χ2n) is 14.4. The number of carbonyl (C=O) groups excluding carboxylic acids is 1. The van der Waals surface area contributed by atoms with Crippen molar-refractivity contribution in [2.75, 3.05) is 77.9 Å². The number of nitro benzene ring substituents is 1. The third-order valence-electron chi connectivity index (χ3n) is 9.86. The second-order valence-corrected chi connectivity index (χ2v) is 18.7. The topological polar surface area (TPSA) is 147 Å². The molecule has 0 saturated carbocycles. The summed E-state index contributed by atoms with van der Waals surface area (Å²) < 4.78 is 49.8. The quantitative estimate of drug-likeness (QED) is 0.0689. The number of likely N-dealkylation sites (N-methyl/N-ethyl adjacent to an activating group) is 1. The summed E-state index contributed by atoms with van der Waals surface area (Å²) >= 11 is 0. The molecule has 1 heterocycles. The van der Waals surface area contributed by atoms with Crippen LogP contribution in [-0.4, -0.2) is 109 Å². The zero-order valence-corrected chi connectivity index (χ0v) is 33.1. The Bertz CT molecular complexity index is 2100. The maximum Gasteiger partial charge on any atom is 0.416 e. The van der Waals surface area contributed by atoms with Crippen LogP contribution >= 0.6 is 0 Å². The number of aromatic carboxylic acids is 1. The molecule has 0 radical (unpaired) electrons. The summed E-state index contributed by atoms with van der Waals surface area (Å²) in [6.07, 6.45) is 1.78. The molecule has 0 spiro atoms. The highest BCUT2D eigenvalue weighted by Gasteiger charge is 2.41. The van der Waals surface area contributed by atoms with E-state index in [0.717, 1.165) is 34.5 Å². The van der Waals surface area contributed by atoms with Crippen LogP contribution in [0.15, 0.2) is 83.6 Å². The monoisotopic (exact) mass is 793 g/mol. The van der Waals surface area contributed by atoms with Crippen LogP contribution in [0.4, 0.5) is 30.2 Å². The second kappa shape index (κ2) is 17.2. The molecule has 1 amide bonds. The van der Waals surface area contributed by atoms with E-state index >= 15 is 0 Å². The van der Waals surface area contributed by atoms with Gasteiger partial charge in [0.15, 0.2) is 0 Å². The lowest BCUT2D eigenvalue weighted by atomic mass is 9.86. The summed E-state index contributed by atoms with van der Waals surface area (Å²) in [4.78, 5) is 40.6. The lowest BCUT2D eigenvalue weighted by molar-refractivity contribution is -0.384. The minimum atomic E-state index is -4.70. The Morgan fingerprint density at radius 3 is 2.25 bits per heavy atom. The van der Waals surface area contributed by atoms with Crippen molar-refractivity contribution in [2.45, 2.75) is 25.3 Å². The van der Waals surface area contributed by atoms with Gasteiger partial charge in [-0.2, -0.15) is 13.2 Å². The van der Waals surface area contributed by atoms with Gasteiger partial charge < -0.3 is 30.1 Å². The lowest BCUT2D eigenvalue weighted by Gasteiger charge is -2.40. The van der Waals surface area contributed by atoms with E-state index in [4.69, 9.17) is 9.47 Å². The van der Waals surface area contributed by atoms with Gasteiger partial charge in [0, 0.05) is 50.5 Å². The largest absolute Gasteiger partial charge is 0.478 e. The molecule has 2 aliphatic rings. The highest BCUT2D eigenvalue weighted by Crippen LogP contribution is 2.43. The fourth-order valence-electron chi connectivity index (χ4n) is 6.82. The predicted octanol–water partition coefficient (Wildman–Crippen LogP) is 5.95. The molecule has 0 saturated heterocycles. The average Bonchev–Trinajstić information content (AvgIpc) is 3.14. The van der Waals surface area contributed by atoms with Crippen molar-refractivity contribution < 1.29 is 42.3 Å². The first-order valence-corrected chi connectivity index (χ1v) is 21.0. The number of carboxylic acids is 1. The molecule has 16 heteroatoms. The normalized spacial score (nSPS) is 15.9. The summed E-state index contributed by atoms with van der Waals surface area (Å²) in [6, 6.07) is 13.3. The van der Waals surface area contributed by atoms with E-state index in [9.17, 15) is 38.0 Å². The van der Waals surface area contributed by atoms with E-state index < -0.39 is 42.3 Å². The zero-order chi connectivity index (χ0) is 40.9. The van der Waals surface area contributed by atoms with E-state index in [0.29, 0.717) is 17.2 Å². The minimum Gasteiger partial charge on any atom is -0.478 e. The molecule has 5 rings (SSSR count). The molecule has 0 bridgehead atoms. The Balaban J connectivity index is 1.23. The van der Waals surface area contributed by atoms with Crippen LogP contribution in [0, 0.1) is 10.1 Å². The summed E-state index contributed by atoms with van der Waals surface area (Å²) in [5.41, 5.74) is 2.74. The molecular weight excluding hydrogens is 748 g/mol. The molecule has 1 aliphatic carbocycles. The molecule has 56 heavy (non-hydrogen) atoms. The number of nitro groups is 1. The van der Waals surface area contributed by atoms with Crippen molar-refractivity contribution in [1.29, 1.82) is 0 Å². The molecule has 3 aromatic rings. The Labute approximate surface area is 324 Å². The van der Waals surface area contributed by atoms with Gasteiger partial charge in [0.1, 0.15) is 13.8 Å². The van der Waals surface area contributed by atoms with Crippen LogP contribution in [0.3, 0.4) is 0 Å². The fraction of sp³-hybridized carbons (Fsp3) is 0.350. The smallest absolute Gasteiger partial charge is 0.416 e. The summed E-state index contributed by atoms with van der Waals surface area (Å²) in [7, 11) is 5.76. The Hall–Kier alpha value is -5.29. The molecule has 3 aromatic carbocycles. The number of halogens is 3. The van der Waals surface area contributed by atoms with Gasteiger partial charge in [0.05, 0.1) is 42.5 Å². The van der Waals surface area contributed by atoms with Gasteiger partial charge >= 0.3 is 12.1 Å². The van der Waals surface area contributed by atoms with Gasteiger partial charge in [-0.15, -0.1) is 0 Å². The number of ether oxygens (including phenoxy) is 2. The Kier molecular flexibility index (Phi) is 12.9. The van der Waals surface area contributed by atoms with Crippen molar-refractivity contribution in [2.24, 2.45) is 0 Å². The number of amides is 1. The van der Waals surface area contributed by atoms with Crippen molar-refractivity contribution in [1.82, 2.24) is 10.2 Å². The van der Waals surface area contributed by atoms with Gasteiger partial charge in [0.25, 0.3) is 11.6 Å². The van der Waals surface area contributed by atoms with Gasteiger partial charge in [0.2, 0.25) is 0 Å². The number of rotatable bonds is 16. The van der Waals surface area contributed by atoms with Gasteiger partial charge in [-0.3, -0.25) is 19.8 Å². The predicted molar refractivity (Wildman–Crippen MR) is 213 cm³/mol. The van der Waals surface area contributed by atoms with Crippen LogP contribution in [0.5, 0.6) is 0 Å². The third kappa shape index (κ3) is 9.21. The number of hydrogen-bond donors (Lipinski definition) is 3. The molecule has 298 valence electrons. The van der Waals surface area contributed by atoms with E-state index in [2.05, 4.69) is 63.9 Å². The maximum absolute atomic E-state index is 13.4. The lowest BCUT2D eigenvalue weighted by Crippen LogP contribution is -2.50. The van der Waals surface area contributed by atoms with Gasteiger partial charge in [-0.25, -0.2) is 4.79 Å². The van der Waals surface area contributed by atoms with Crippen LogP contribution in [0.25, 0.3) is 5.57 Å². The maximum atomic E-state index is 13.4. The number of allylic oxidation sites excluding steroid dienone is 3. The molecule has 0 aromatic heterocycles. The summed E-state index contributed by atoms with van der Waals surface area (Å²) in [5, 5.41) is 29.6. The molecule has 0 fully saturated rings. The summed E-state index contributed by atoms with van der Waals surface area (Å²) in [5.74, 6) is -1.49. The first kappa shape index (κ1) is 41.9. The standard InChI is InChI=1S/C40H46F3N5O7Si/c1-46(2)27-9-12-30-35(23-27)56(5,6)36-24-28(47(3)4)10-13-31(36)37(30)32-21-25(7-11-29(32)39(50)51)38(49)45-16-18-55-20-19-54-17-15-44-33-14-8-26(40(41,42)43)22-34(33)48(52)53/h7-14,21-24,27,44H,15-20H2,1-6H3,(H,45,49)(H,50,51). The van der Waals surface area contributed by atoms with Crippen molar-refractivity contribution in [3.05, 3.63) is 122 Å².